The van der Waals surface area contributed by atoms with Gasteiger partial charge in [0.25, 0.3) is 10.0 Å². The Labute approximate surface area is 202 Å². The second-order valence-electron chi connectivity index (χ2n) is 7.93. The summed E-state index contributed by atoms with van der Waals surface area (Å²) in [5.74, 6) is -1.21. The zero-order valence-electron chi connectivity index (χ0n) is 18.6. The van der Waals surface area contributed by atoms with Crippen LogP contribution in [0.3, 0.4) is 0 Å². The molecule has 0 fully saturated rings. The van der Waals surface area contributed by atoms with Crippen LogP contribution >= 0.6 is 0 Å². The quantitative estimate of drug-likeness (QED) is 0.316. The molecule has 0 aliphatic carbocycles. The van der Waals surface area contributed by atoms with E-state index in [-0.39, 0.29) is 16.5 Å². The van der Waals surface area contributed by atoms with Gasteiger partial charge in [-0.2, -0.15) is 9.29 Å². The zero-order chi connectivity index (χ0) is 24.6. The van der Waals surface area contributed by atoms with E-state index in [0.717, 1.165) is 21.5 Å². The maximum atomic E-state index is 13.8. The van der Waals surface area contributed by atoms with Crippen LogP contribution in [0.25, 0.3) is 22.2 Å². The van der Waals surface area contributed by atoms with E-state index in [1.807, 2.05) is 42.5 Å². The topological polar surface area (TPSA) is 101 Å². The number of para-hydroxylation sites is 1. The molecule has 0 aliphatic heterocycles. The lowest BCUT2D eigenvalue weighted by atomic mass is 10.1. The van der Waals surface area contributed by atoms with Gasteiger partial charge in [-0.1, -0.05) is 60.7 Å². The van der Waals surface area contributed by atoms with E-state index in [4.69, 9.17) is 4.42 Å². The summed E-state index contributed by atoms with van der Waals surface area (Å²) in [6.45, 7) is 1.61. The number of carboxylic acids is 1. The number of oxazole rings is 1. The van der Waals surface area contributed by atoms with Crippen molar-refractivity contribution >= 4 is 38.8 Å². The Hall–Kier alpha value is -4.43. The molecule has 5 rings (SSSR count). The normalized spacial score (nSPS) is 11.5. The van der Waals surface area contributed by atoms with Crippen molar-refractivity contribution < 1.29 is 22.7 Å². The van der Waals surface area contributed by atoms with Crippen molar-refractivity contribution in [3.8, 4) is 11.1 Å². The molecule has 0 saturated carbocycles. The molecule has 1 heterocycles. The van der Waals surface area contributed by atoms with Crippen LogP contribution in [0.2, 0.25) is 0 Å². The summed E-state index contributed by atoms with van der Waals surface area (Å²) >= 11 is 0. The third-order valence-electron chi connectivity index (χ3n) is 5.63. The number of aromatic carboxylic acids is 1. The van der Waals surface area contributed by atoms with Gasteiger partial charge >= 0.3 is 12.0 Å². The number of fused-ring (bicyclic) bond motifs is 1. The van der Waals surface area contributed by atoms with Crippen molar-refractivity contribution in [3.63, 3.8) is 0 Å². The number of sulfonamides is 1. The lowest BCUT2D eigenvalue weighted by Crippen LogP contribution is -2.27. The number of carboxylic acid groups (broad SMARTS) is 1. The van der Waals surface area contributed by atoms with Crippen LogP contribution in [0.15, 0.2) is 106 Å². The summed E-state index contributed by atoms with van der Waals surface area (Å²) in [6.07, 6.45) is 0. The molecule has 0 spiro atoms. The number of benzene rings is 4. The van der Waals surface area contributed by atoms with Gasteiger partial charge in [0.2, 0.25) is 0 Å². The van der Waals surface area contributed by atoms with Crippen LogP contribution < -0.4 is 4.31 Å². The molecule has 1 N–H and O–H groups in total. The van der Waals surface area contributed by atoms with Gasteiger partial charge in [0.15, 0.2) is 5.58 Å². The van der Waals surface area contributed by atoms with Crippen molar-refractivity contribution in [1.29, 1.82) is 0 Å². The molecule has 7 nitrogen and oxygen atoms in total. The summed E-state index contributed by atoms with van der Waals surface area (Å²) < 4.78 is 34.5. The number of nitrogens with zero attached hydrogens (tertiary/aromatic N) is 2. The average molecular weight is 485 g/mol. The van der Waals surface area contributed by atoms with E-state index in [9.17, 15) is 18.3 Å². The minimum absolute atomic E-state index is 0.0934. The fraction of sp³-hybridized carbons (Fsp3) is 0.0370. The van der Waals surface area contributed by atoms with Crippen molar-refractivity contribution in [3.05, 3.63) is 108 Å². The van der Waals surface area contributed by atoms with Crippen molar-refractivity contribution in [2.24, 2.45) is 0 Å². The second kappa shape index (κ2) is 8.73. The number of carbonyl (C=O) groups is 1. The average Bonchev–Trinajstić information content (AvgIpc) is 3.27. The molecule has 1 aromatic heterocycles. The van der Waals surface area contributed by atoms with Gasteiger partial charge in [0, 0.05) is 0 Å². The Bertz CT molecular complexity index is 1650. The first kappa shape index (κ1) is 22.4. The van der Waals surface area contributed by atoms with Crippen molar-refractivity contribution in [2.45, 2.75) is 11.8 Å². The van der Waals surface area contributed by atoms with Gasteiger partial charge in [0.05, 0.1) is 16.1 Å². The molecule has 0 radical (unpaired) electrons. The summed E-state index contributed by atoms with van der Waals surface area (Å²) in [7, 11) is -4.28. The van der Waals surface area contributed by atoms with E-state index in [1.54, 1.807) is 43.3 Å². The Kier molecular flexibility index (Phi) is 5.58. The Balaban J connectivity index is 1.67. The molecule has 0 bridgehead atoms. The van der Waals surface area contributed by atoms with Crippen LogP contribution in [0.1, 0.15) is 15.9 Å². The first-order valence-corrected chi connectivity index (χ1v) is 12.2. The predicted molar refractivity (Wildman–Crippen MR) is 133 cm³/mol. The first-order chi connectivity index (χ1) is 16.8. The third kappa shape index (κ3) is 4.15. The predicted octanol–water partition coefficient (Wildman–Crippen LogP) is 6.03. The fourth-order valence-electron chi connectivity index (χ4n) is 3.83. The van der Waals surface area contributed by atoms with Crippen LogP contribution in [0.5, 0.6) is 0 Å². The van der Waals surface area contributed by atoms with E-state index in [1.165, 1.54) is 12.1 Å². The Morgan fingerprint density at radius 1 is 0.857 bits per heavy atom. The number of aromatic nitrogens is 1. The summed E-state index contributed by atoms with van der Waals surface area (Å²) in [5.41, 5.74) is 3.49. The van der Waals surface area contributed by atoms with Gasteiger partial charge in [-0.3, -0.25) is 0 Å². The van der Waals surface area contributed by atoms with Crippen LogP contribution in [-0.2, 0) is 10.0 Å². The molecular weight excluding hydrogens is 464 g/mol. The monoisotopic (exact) mass is 484 g/mol. The first-order valence-electron chi connectivity index (χ1n) is 10.7. The standard InChI is InChI=1S/C27H20N2O5S/c1-18-12-14-22(17-23(18)26(30)31)35(32,33)29(21-10-6-3-7-11-21)27-28-24-16-20(13-15-25(24)34-27)19-8-4-2-5-9-19/h2-17H,1H3,(H,30,31). The second-order valence-corrected chi connectivity index (χ2v) is 9.72. The number of rotatable bonds is 6. The molecule has 0 atom stereocenters. The van der Waals surface area contributed by atoms with Crippen LogP contribution in [0, 0.1) is 6.92 Å². The number of hydrogen-bond donors (Lipinski definition) is 1. The van der Waals surface area contributed by atoms with Crippen molar-refractivity contribution in [2.75, 3.05) is 4.31 Å². The van der Waals surface area contributed by atoms with Crippen LogP contribution in [-0.4, -0.2) is 24.5 Å². The maximum absolute atomic E-state index is 13.8. The molecule has 0 amide bonds. The summed E-state index contributed by atoms with van der Waals surface area (Å²) in [4.78, 5) is 16.0. The highest BCUT2D eigenvalue weighted by Gasteiger charge is 2.31. The Morgan fingerprint density at radius 2 is 1.54 bits per heavy atom. The van der Waals surface area contributed by atoms with Gasteiger partial charge in [-0.05, 0) is 60.0 Å². The Morgan fingerprint density at radius 3 is 2.23 bits per heavy atom. The van der Waals surface area contributed by atoms with E-state index in [2.05, 4.69) is 4.98 Å². The zero-order valence-corrected chi connectivity index (χ0v) is 19.4. The summed E-state index contributed by atoms with van der Waals surface area (Å²) in [5, 5.41) is 9.50. The highest BCUT2D eigenvalue weighted by Crippen LogP contribution is 2.35. The highest BCUT2D eigenvalue weighted by atomic mass is 32.2. The minimum atomic E-state index is -4.28. The van der Waals surface area contributed by atoms with E-state index < -0.39 is 16.0 Å². The lowest BCUT2D eigenvalue weighted by molar-refractivity contribution is 0.0696. The molecule has 8 heteroatoms. The van der Waals surface area contributed by atoms with Gasteiger partial charge in [-0.15, -0.1) is 0 Å². The molecule has 0 saturated heterocycles. The molecule has 0 aliphatic rings. The number of hydrogen-bond acceptors (Lipinski definition) is 5. The fourth-order valence-corrected chi connectivity index (χ4v) is 5.23. The third-order valence-corrected chi connectivity index (χ3v) is 7.32. The van der Waals surface area contributed by atoms with E-state index in [0.29, 0.717) is 22.4 Å². The highest BCUT2D eigenvalue weighted by molar-refractivity contribution is 7.93. The maximum Gasteiger partial charge on any atom is 0.335 e. The molecule has 4 aromatic carbocycles. The molecule has 174 valence electrons. The number of aryl methyl sites for hydroxylation is 1. The SMILES string of the molecule is Cc1ccc(S(=O)(=O)N(c2ccccc2)c2nc3cc(-c4ccccc4)ccc3o2)cc1C(=O)O. The van der Waals surface area contributed by atoms with Gasteiger partial charge < -0.3 is 9.52 Å². The molecule has 0 unspecified atom stereocenters. The smallest absolute Gasteiger partial charge is 0.335 e. The molecule has 35 heavy (non-hydrogen) atoms. The van der Waals surface area contributed by atoms with E-state index >= 15 is 0 Å². The summed E-state index contributed by atoms with van der Waals surface area (Å²) in [6, 6.07) is 27.5. The largest absolute Gasteiger partial charge is 0.478 e. The van der Waals surface area contributed by atoms with Gasteiger partial charge in [0.1, 0.15) is 5.52 Å². The van der Waals surface area contributed by atoms with Crippen LogP contribution in [0.4, 0.5) is 11.7 Å². The van der Waals surface area contributed by atoms with Crippen molar-refractivity contribution in [1.82, 2.24) is 4.98 Å². The molecular formula is C27H20N2O5S. The van der Waals surface area contributed by atoms with Gasteiger partial charge in [-0.25, -0.2) is 13.2 Å². The minimum Gasteiger partial charge on any atom is -0.478 e. The number of anilines is 2. The molecule has 5 aromatic rings. The lowest BCUT2D eigenvalue weighted by Gasteiger charge is -2.21.